The number of benzene rings is 2. The van der Waals surface area contributed by atoms with Crippen LogP contribution in [0.5, 0.6) is 0 Å². The summed E-state index contributed by atoms with van der Waals surface area (Å²) in [5.41, 5.74) is 5.01. The van der Waals surface area contributed by atoms with Crippen molar-refractivity contribution >= 4 is 11.4 Å². The fourth-order valence-electron chi connectivity index (χ4n) is 4.80. The van der Waals surface area contributed by atoms with Crippen molar-refractivity contribution in [1.82, 2.24) is 25.9 Å². The molecule has 1 saturated heterocycles. The third-order valence-corrected chi connectivity index (χ3v) is 7.25. The molecule has 0 spiro atoms. The van der Waals surface area contributed by atoms with Gasteiger partial charge in [0.15, 0.2) is 0 Å². The topological polar surface area (TPSA) is 77.1 Å². The molecule has 3 aromatic rings. The molecule has 5 rings (SSSR count). The van der Waals surface area contributed by atoms with E-state index in [0.29, 0.717) is 48.0 Å². The molecule has 2 unspecified atom stereocenters. The van der Waals surface area contributed by atoms with E-state index in [1.807, 2.05) is 48.5 Å². The van der Waals surface area contributed by atoms with Gasteiger partial charge in [-0.05, 0) is 44.2 Å². The van der Waals surface area contributed by atoms with Crippen LogP contribution in [0.3, 0.4) is 0 Å². The van der Waals surface area contributed by atoms with Crippen molar-refractivity contribution in [3.63, 3.8) is 0 Å². The molecule has 0 radical (unpaired) electrons. The highest BCUT2D eigenvalue weighted by Crippen LogP contribution is 2.29. The summed E-state index contributed by atoms with van der Waals surface area (Å²) in [6.45, 7) is 7.27. The summed E-state index contributed by atoms with van der Waals surface area (Å²) >= 11 is 0. The first-order valence-corrected chi connectivity index (χ1v) is 13.1. The summed E-state index contributed by atoms with van der Waals surface area (Å²) in [4.78, 5) is 11.9. The van der Waals surface area contributed by atoms with Gasteiger partial charge in [-0.2, -0.15) is 8.78 Å². The van der Waals surface area contributed by atoms with Crippen molar-refractivity contribution in [1.29, 1.82) is 0 Å². The monoisotopic (exact) mass is 504 g/mol. The third-order valence-electron chi connectivity index (χ3n) is 7.25. The van der Waals surface area contributed by atoms with Crippen LogP contribution in [0, 0.1) is 5.95 Å². The van der Waals surface area contributed by atoms with Gasteiger partial charge < -0.3 is 20.9 Å². The van der Waals surface area contributed by atoms with E-state index >= 15 is 0 Å². The molecule has 2 aliphatic rings. The molecule has 2 aromatic carbocycles. The van der Waals surface area contributed by atoms with Gasteiger partial charge >= 0.3 is 0 Å². The number of hydrogen-bond acceptors (Lipinski definition) is 5. The molecule has 1 aromatic heterocycles. The number of imidazole rings is 1. The van der Waals surface area contributed by atoms with Crippen molar-refractivity contribution in [2.75, 3.05) is 6.54 Å². The maximum Gasteiger partial charge on any atom is 0.219 e. The van der Waals surface area contributed by atoms with Crippen LogP contribution in [0.4, 0.5) is 8.78 Å². The summed E-state index contributed by atoms with van der Waals surface area (Å²) in [6.07, 6.45) is 3.11. The van der Waals surface area contributed by atoms with Crippen molar-refractivity contribution in [2.24, 2.45) is 4.99 Å². The number of aromatic nitrogens is 2. The van der Waals surface area contributed by atoms with E-state index in [1.165, 1.54) is 0 Å². The highest BCUT2D eigenvalue weighted by atomic mass is 19.1. The smallest absolute Gasteiger partial charge is 0.219 e. The lowest BCUT2D eigenvalue weighted by Gasteiger charge is -2.21. The predicted molar refractivity (Wildman–Crippen MR) is 145 cm³/mol. The number of halogens is 2. The molecule has 0 bridgehead atoms. The fraction of sp³-hybridized carbons (Fsp3) is 0.379. The van der Waals surface area contributed by atoms with E-state index < -0.39 is 11.9 Å². The van der Waals surface area contributed by atoms with Gasteiger partial charge in [0.2, 0.25) is 11.9 Å². The molecule has 0 aliphatic carbocycles. The van der Waals surface area contributed by atoms with Crippen LogP contribution >= 0.6 is 0 Å². The highest BCUT2D eigenvalue weighted by molar-refractivity contribution is 5.97. The number of nitrogens with zero attached hydrogens (tertiary/aromatic N) is 2. The molecule has 2 aliphatic heterocycles. The van der Waals surface area contributed by atoms with Crippen LogP contribution in [0.25, 0.3) is 28.1 Å². The maximum atomic E-state index is 14.6. The minimum Gasteiger partial charge on any atom is -0.355 e. The Kier molecular flexibility index (Phi) is 7.48. The molecular weight excluding hydrogens is 470 g/mol. The molecule has 8 heteroatoms. The minimum absolute atomic E-state index is 0.190. The minimum atomic E-state index is -0.434. The van der Waals surface area contributed by atoms with Gasteiger partial charge in [-0.3, -0.25) is 0 Å². The summed E-state index contributed by atoms with van der Waals surface area (Å²) in [6, 6.07) is 16.3. The lowest BCUT2D eigenvalue weighted by molar-refractivity contribution is 0.519. The van der Waals surface area contributed by atoms with Crippen LogP contribution in [-0.4, -0.2) is 40.3 Å². The van der Waals surface area contributed by atoms with Gasteiger partial charge in [-0.15, -0.1) is 0 Å². The van der Waals surface area contributed by atoms with E-state index in [9.17, 15) is 8.78 Å². The van der Waals surface area contributed by atoms with Gasteiger partial charge in [0, 0.05) is 29.3 Å². The van der Waals surface area contributed by atoms with Crippen LogP contribution in [0.15, 0.2) is 59.5 Å². The summed E-state index contributed by atoms with van der Waals surface area (Å²) in [5.74, 6) is -0.251. The first-order chi connectivity index (χ1) is 17.9. The Morgan fingerprint density at radius 1 is 0.973 bits per heavy atom. The summed E-state index contributed by atoms with van der Waals surface area (Å²) in [7, 11) is 0. The highest BCUT2D eigenvalue weighted by Gasteiger charge is 2.27. The Balaban J connectivity index is 1.30. The zero-order chi connectivity index (χ0) is 25.9. The Labute approximate surface area is 216 Å². The first kappa shape index (κ1) is 25.3. The molecule has 1 fully saturated rings. The molecule has 0 saturated carbocycles. The molecular formula is C29H34F2N6. The molecule has 0 amide bonds. The quantitative estimate of drug-likeness (QED) is 0.303. The van der Waals surface area contributed by atoms with E-state index in [4.69, 9.17) is 0 Å². The number of rotatable bonds is 8. The van der Waals surface area contributed by atoms with Crippen molar-refractivity contribution < 1.29 is 8.78 Å². The van der Waals surface area contributed by atoms with E-state index in [1.54, 1.807) is 0 Å². The van der Waals surface area contributed by atoms with E-state index in [-0.39, 0.29) is 6.04 Å². The zero-order valence-electron chi connectivity index (χ0n) is 21.5. The number of hydrogen-bond donors (Lipinski definition) is 4. The van der Waals surface area contributed by atoms with Gasteiger partial charge in [0.05, 0.1) is 18.8 Å². The average molecular weight is 505 g/mol. The van der Waals surface area contributed by atoms with Crippen LogP contribution in [0.2, 0.25) is 0 Å². The molecule has 3 heterocycles. The average Bonchev–Trinajstić information content (AvgIpc) is 3.53. The van der Waals surface area contributed by atoms with Crippen LogP contribution in [-0.2, 0) is 6.54 Å². The molecule has 37 heavy (non-hydrogen) atoms. The second kappa shape index (κ2) is 10.9. The fourth-order valence-corrected chi connectivity index (χ4v) is 4.80. The number of aliphatic imine (C=N–C) groups is 1. The molecule has 4 N–H and O–H groups in total. The number of aromatic amines is 1. The molecule has 194 valence electrons. The van der Waals surface area contributed by atoms with E-state index in [2.05, 4.69) is 51.7 Å². The Morgan fingerprint density at radius 2 is 1.62 bits per heavy atom. The lowest BCUT2D eigenvalue weighted by Crippen LogP contribution is -2.41. The molecule has 3 atom stereocenters. The Morgan fingerprint density at radius 3 is 2.24 bits per heavy atom. The van der Waals surface area contributed by atoms with Crippen molar-refractivity contribution in [3.8, 4) is 22.4 Å². The van der Waals surface area contributed by atoms with Gasteiger partial charge in [-0.1, -0.05) is 55.5 Å². The van der Waals surface area contributed by atoms with Gasteiger partial charge in [0.1, 0.15) is 17.2 Å². The zero-order valence-corrected chi connectivity index (χ0v) is 21.5. The number of nitrogens with one attached hydrogen (secondary N) is 4. The largest absolute Gasteiger partial charge is 0.355 e. The predicted octanol–water partition coefficient (Wildman–Crippen LogP) is 5.55. The standard InChI is InChI=1S/C29H34F2N6/c1-4-17(2)32-16-25-36-27(29(31)37-25)22-12-8-20(9-13-22)19-6-10-21(11-7-19)26-28(30)33-15-24(35-26)23-14-5-18(3)34-23/h6-13,17-18,23,32-34H,4-5,14-16H2,1-3H3,(H,36,37)/t17-,18?,23?/m0/s1. The van der Waals surface area contributed by atoms with Gasteiger partial charge in [-0.25, -0.2) is 9.98 Å². The Bertz CT molecular complexity index is 1290. The van der Waals surface area contributed by atoms with Crippen molar-refractivity contribution in [3.05, 3.63) is 71.8 Å². The maximum absolute atomic E-state index is 14.6. The summed E-state index contributed by atoms with van der Waals surface area (Å²) in [5, 5.41) is 9.71. The summed E-state index contributed by atoms with van der Waals surface area (Å²) < 4.78 is 29.2. The normalized spacial score (nSPS) is 20.6. The van der Waals surface area contributed by atoms with E-state index in [0.717, 1.165) is 41.7 Å². The van der Waals surface area contributed by atoms with Crippen LogP contribution < -0.4 is 16.0 Å². The lowest BCUT2D eigenvalue weighted by atomic mass is 10.0. The second-order valence-electron chi connectivity index (χ2n) is 10.0. The Hall–Kier alpha value is -3.36. The van der Waals surface area contributed by atoms with Gasteiger partial charge in [0.25, 0.3) is 0 Å². The van der Waals surface area contributed by atoms with Crippen molar-refractivity contribution in [2.45, 2.75) is 64.7 Å². The SMILES string of the molecule is CC[C@H](C)NCc1nc(-c2ccc(-c3ccc(C4=C(F)NCC(C5CCC(C)N5)=N4)cc3)cc2)c(F)[nH]1. The second-order valence-corrected chi connectivity index (χ2v) is 10.0. The molecule has 6 nitrogen and oxygen atoms in total. The first-order valence-electron chi connectivity index (χ1n) is 13.1. The number of H-pyrrole nitrogens is 1. The van der Waals surface area contributed by atoms with Crippen LogP contribution in [0.1, 0.15) is 51.4 Å². The third kappa shape index (κ3) is 5.65.